The Labute approximate surface area is 83.6 Å². The highest BCUT2D eigenvalue weighted by Gasteiger charge is 2.42. The molecule has 70 valence electrons. The Morgan fingerprint density at radius 3 is 2.83 bits per heavy atom. The molecule has 0 aromatic carbocycles. The third-order valence-electron chi connectivity index (χ3n) is 3.65. The van der Waals surface area contributed by atoms with Gasteiger partial charge in [-0.2, -0.15) is 0 Å². The van der Waals surface area contributed by atoms with Gasteiger partial charge in [-0.1, -0.05) is 15.9 Å². The van der Waals surface area contributed by atoms with Gasteiger partial charge in [0.15, 0.2) is 0 Å². The standard InChI is InChI=1S/C10H18BrN/c1-12-5-4-10(8-12)3-2-9(6-10)7-11/h9H,2-8H2,1H3/t9-,10-/m0/s1. The zero-order chi connectivity index (χ0) is 8.60. The van der Waals surface area contributed by atoms with E-state index in [2.05, 4.69) is 27.9 Å². The van der Waals surface area contributed by atoms with Gasteiger partial charge >= 0.3 is 0 Å². The third-order valence-corrected chi connectivity index (χ3v) is 4.57. The van der Waals surface area contributed by atoms with Crippen molar-refractivity contribution in [2.24, 2.45) is 11.3 Å². The summed E-state index contributed by atoms with van der Waals surface area (Å²) in [5, 5.41) is 1.22. The Hall–Kier alpha value is 0.440. The molecule has 1 aliphatic carbocycles. The van der Waals surface area contributed by atoms with Crippen molar-refractivity contribution < 1.29 is 0 Å². The van der Waals surface area contributed by atoms with Gasteiger partial charge in [0.05, 0.1) is 0 Å². The molecule has 2 atom stereocenters. The van der Waals surface area contributed by atoms with Gasteiger partial charge in [0.2, 0.25) is 0 Å². The molecule has 1 heterocycles. The number of rotatable bonds is 1. The Morgan fingerprint density at radius 1 is 1.50 bits per heavy atom. The first kappa shape index (κ1) is 9.01. The first-order chi connectivity index (χ1) is 5.74. The van der Waals surface area contributed by atoms with Crippen molar-refractivity contribution >= 4 is 15.9 Å². The maximum Gasteiger partial charge on any atom is 0.00598 e. The molecule has 0 unspecified atom stereocenters. The van der Waals surface area contributed by atoms with Crippen LogP contribution in [0, 0.1) is 11.3 Å². The lowest BCUT2D eigenvalue weighted by Crippen LogP contribution is -2.22. The molecule has 1 spiro atoms. The molecule has 12 heavy (non-hydrogen) atoms. The number of alkyl halides is 1. The zero-order valence-electron chi connectivity index (χ0n) is 7.85. The summed E-state index contributed by atoms with van der Waals surface area (Å²) >= 11 is 3.61. The van der Waals surface area contributed by atoms with Crippen LogP contribution >= 0.6 is 15.9 Å². The van der Waals surface area contributed by atoms with Crippen LogP contribution in [0.3, 0.4) is 0 Å². The summed E-state index contributed by atoms with van der Waals surface area (Å²) < 4.78 is 0. The van der Waals surface area contributed by atoms with Crippen molar-refractivity contribution in [3.63, 3.8) is 0 Å². The minimum atomic E-state index is 0.729. The smallest absolute Gasteiger partial charge is 0.00598 e. The molecule has 0 amide bonds. The van der Waals surface area contributed by atoms with Crippen LogP contribution in [0.25, 0.3) is 0 Å². The molecule has 0 bridgehead atoms. The largest absolute Gasteiger partial charge is 0.306 e. The van der Waals surface area contributed by atoms with Gasteiger partial charge in [0.1, 0.15) is 0 Å². The van der Waals surface area contributed by atoms with E-state index in [1.54, 1.807) is 0 Å². The van der Waals surface area contributed by atoms with Gasteiger partial charge < -0.3 is 4.90 Å². The summed E-state index contributed by atoms with van der Waals surface area (Å²) in [5.41, 5.74) is 0.729. The van der Waals surface area contributed by atoms with Gasteiger partial charge in [0.25, 0.3) is 0 Å². The molecule has 1 nitrogen and oxygen atoms in total. The molecule has 0 radical (unpaired) electrons. The fourth-order valence-corrected chi connectivity index (χ4v) is 3.54. The van der Waals surface area contributed by atoms with E-state index < -0.39 is 0 Å². The number of halogens is 1. The van der Waals surface area contributed by atoms with E-state index in [1.807, 2.05) is 0 Å². The van der Waals surface area contributed by atoms with Crippen LogP contribution in [0.5, 0.6) is 0 Å². The van der Waals surface area contributed by atoms with E-state index in [-0.39, 0.29) is 0 Å². The molecular weight excluding hydrogens is 214 g/mol. The van der Waals surface area contributed by atoms with Crippen LogP contribution in [0.15, 0.2) is 0 Å². The lowest BCUT2D eigenvalue weighted by Gasteiger charge is -2.22. The Bertz CT molecular complexity index is 171. The lowest BCUT2D eigenvalue weighted by molar-refractivity contribution is 0.282. The number of nitrogens with zero attached hydrogens (tertiary/aromatic N) is 1. The van der Waals surface area contributed by atoms with Crippen LogP contribution in [-0.2, 0) is 0 Å². The summed E-state index contributed by atoms with van der Waals surface area (Å²) in [4.78, 5) is 2.50. The maximum absolute atomic E-state index is 3.61. The molecule has 0 N–H and O–H groups in total. The minimum absolute atomic E-state index is 0.729. The monoisotopic (exact) mass is 231 g/mol. The molecule has 0 aromatic heterocycles. The molecule has 2 fully saturated rings. The Kier molecular flexibility index (Phi) is 2.48. The lowest BCUT2D eigenvalue weighted by atomic mass is 9.85. The van der Waals surface area contributed by atoms with Crippen molar-refractivity contribution in [2.75, 3.05) is 25.5 Å². The number of hydrogen-bond acceptors (Lipinski definition) is 1. The van der Waals surface area contributed by atoms with Crippen molar-refractivity contribution in [3.8, 4) is 0 Å². The van der Waals surface area contributed by atoms with E-state index in [0.29, 0.717) is 0 Å². The number of likely N-dealkylation sites (tertiary alicyclic amines) is 1. The first-order valence-corrected chi connectivity index (χ1v) is 6.11. The highest BCUT2D eigenvalue weighted by atomic mass is 79.9. The second-order valence-corrected chi connectivity index (χ2v) is 5.40. The van der Waals surface area contributed by atoms with Crippen molar-refractivity contribution in [1.29, 1.82) is 0 Å². The molecule has 0 aromatic rings. The van der Waals surface area contributed by atoms with E-state index >= 15 is 0 Å². The molecule has 1 saturated carbocycles. The highest BCUT2D eigenvalue weighted by molar-refractivity contribution is 9.09. The Balaban J connectivity index is 1.97. The fourth-order valence-electron chi connectivity index (χ4n) is 2.99. The average Bonchev–Trinajstić information content (AvgIpc) is 2.61. The summed E-state index contributed by atoms with van der Waals surface area (Å²) in [6.45, 7) is 2.69. The summed E-state index contributed by atoms with van der Waals surface area (Å²) in [6, 6.07) is 0. The van der Waals surface area contributed by atoms with E-state index in [1.165, 1.54) is 44.1 Å². The van der Waals surface area contributed by atoms with Gasteiger partial charge in [-0.25, -0.2) is 0 Å². The van der Waals surface area contributed by atoms with E-state index in [4.69, 9.17) is 0 Å². The maximum atomic E-state index is 3.61. The minimum Gasteiger partial charge on any atom is -0.306 e. The Morgan fingerprint density at radius 2 is 2.33 bits per heavy atom. The van der Waals surface area contributed by atoms with E-state index in [0.717, 1.165) is 11.3 Å². The SMILES string of the molecule is CN1CC[C@]2(CC[C@H](CBr)C2)C1. The molecular formula is C10H18BrN. The topological polar surface area (TPSA) is 3.24 Å². The predicted octanol–water partition coefficient (Wildman–Crippen LogP) is 2.50. The highest BCUT2D eigenvalue weighted by Crippen LogP contribution is 2.47. The normalized spacial score (nSPS) is 43.0. The van der Waals surface area contributed by atoms with Crippen LogP contribution in [-0.4, -0.2) is 30.4 Å². The van der Waals surface area contributed by atoms with E-state index in [9.17, 15) is 0 Å². The third kappa shape index (κ3) is 1.56. The van der Waals surface area contributed by atoms with Crippen LogP contribution in [0.1, 0.15) is 25.7 Å². The summed E-state index contributed by atoms with van der Waals surface area (Å²) in [7, 11) is 2.26. The van der Waals surface area contributed by atoms with Crippen LogP contribution in [0.2, 0.25) is 0 Å². The van der Waals surface area contributed by atoms with Gasteiger partial charge in [-0.15, -0.1) is 0 Å². The average molecular weight is 232 g/mol. The molecule has 1 aliphatic heterocycles. The molecule has 2 aliphatic rings. The van der Waals surface area contributed by atoms with Gasteiger partial charge in [-0.05, 0) is 50.6 Å². The predicted molar refractivity (Wildman–Crippen MR) is 55.7 cm³/mol. The second-order valence-electron chi connectivity index (χ2n) is 4.75. The summed E-state index contributed by atoms with van der Waals surface area (Å²) in [5.74, 6) is 0.969. The van der Waals surface area contributed by atoms with Crippen LogP contribution < -0.4 is 0 Å². The van der Waals surface area contributed by atoms with Crippen molar-refractivity contribution in [3.05, 3.63) is 0 Å². The molecule has 1 saturated heterocycles. The second kappa shape index (κ2) is 3.30. The van der Waals surface area contributed by atoms with Gasteiger partial charge in [-0.3, -0.25) is 0 Å². The van der Waals surface area contributed by atoms with Crippen LogP contribution in [0.4, 0.5) is 0 Å². The van der Waals surface area contributed by atoms with Crippen molar-refractivity contribution in [2.45, 2.75) is 25.7 Å². The van der Waals surface area contributed by atoms with Crippen molar-refractivity contribution in [1.82, 2.24) is 4.90 Å². The quantitative estimate of drug-likeness (QED) is 0.628. The molecule has 2 rings (SSSR count). The molecule has 2 heteroatoms. The fraction of sp³-hybridized carbons (Fsp3) is 1.00. The summed E-state index contributed by atoms with van der Waals surface area (Å²) in [6.07, 6.45) is 5.86. The first-order valence-electron chi connectivity index (χ1n) is 4.99. The van der Waals surface area contributed by atoms with Gasteiger partial charge in [0, 0.05) is 11.9 Å². The zero-order valence-corrected chi connectivity index (χ0v) is 9.44. The number of hydrogen-bond donors (Lipinski definition) is 0.